The van der Waals surface area contributed by atoms with E-state index in [2.05, 4.69) is 39.6 Å². The van der Waals surface area contributed by atoms with Crippen LogP contribution in [0, 0.1) is 0 Å². The normalized spacial score (nSPS) is 15.4. The summed E-state index contributed by atoms with van der Waals surface area (Å²) in [5, 5.41) is 11.4. The fourth-order valence-corrected chi connectivity index (χ4v) is 2.47. The second-order valence-corrected chi connectivity index (χ2v) is 4.82. The van der Waals surface area contributed by atoms with Gasteiger partial charge in [-0.1, -0.05) is 6.07 Å². The van der Waals surface area contributed by atoms with Crippen LogP contribution in [-0.2, 0) is 19.9 Å². The van der Waals surface area contributed by atoms with E-state index in [9.17, 15) is 0 Å². The molecule has 0 spiro atoms. The minimum absolute atomic E-state index is 0.101. The van der Waals surface area contributed by atoms with Crippen molar-refractivity contribution in [1.29, 1.82) is 0 Å². The maximum absolute atomic E-state index is 4.66. The molecule has 0 amide bonds. The average Bonchev–Trinajstić information content (AvgIpc) is 2.96. The van der Waals surface area contributed by atoms with E-state index in [1.165, 1.54) is 24.1 Å². The van der Waals surface area contributed by atoms with Crippen LogP contribution in [0.15, 0.2) is 18.5 Å². The van der Waals surface area contributed by atoms with Crippen LogP contribution >= 0.6 is 0 Å². The van der Waals surface area contributed by atoms with Gasteiger partial charge in [0.15, 0.2) is 5.82 Å². The summed E-state index contributed by atoms with van der Waals surface area (Å²) < 4.78 is 1.92. The van der Waals surface area contributed by atoms with E-state index in [0.29, 0.717) is 0 Å². The Bertz CT molecular complexity index is 560. The topological polar surface area (TPSA) is 55.6 Å². The first-order valence-corrected chi connectivity index (χ1v) is 6.33. The van der Waals surface area contributed by atoms with Crippen LogP contribution < -0.4 is 5.32 Å². The van der Waals surface area contributed by atoms with Crippen LogP contribution in [0.25, 0.3) is 0 Å². The van der Waals surface area contributed by atoms with Crippen molar-refractivity contribution in [3.05, 3.63) is 35.5 Å². The van der Waals surface area contributed by atoms with E-state index in [0.717, 1.165) is 18.1 Å². The van der Waals surface area contributed by atoms with E-state index in [1.54, 1.807) is 6.33 Å². The Hall–Kier alpha value is -1.91. The number of nitrogens with one attached hydrogen (secondary N) is 1. The van der Waals surface area contributed by atoms with Crippen LogP contribution in [0.4, 0.5) is 5.82 Å². The lowest BCUT2D eigenvalue weighted by Gasteiger charge is -2.14. The van der Waals surface area contributed by atoms with Gasteiger partial charge in [-0.25, -0.2) is 4.98 Å². The second-order valence-electron chi connectivity index (χ2n) is 4.82. The van der Waals surface area contributed by atoms with Crippen molar-refractivity contribution in [1.82, 2.24) is 19.7 Å². The molecule has 1 unspecified atom stereocenters. The molecule has 5 nitrogen and oxygen atoms in total. The van der Waals surface area contributed by atoms with Crippen molar-refractivity contribution in [3.63, 3.8) is 0 Å². The van der Waals surface area contributed by atoms with Crippen molar-refractivity contribution in [3.8, 4) is 0 Å². The Kier molecular flexibility index (Phi) is 2.74. The zero-order chi connectivity index (χ0) is 12.5. The number of pyridine rings is 1. The first-order chi connectivity index (χ1) is 8.74. The average molecular weight is 243 g/mol. The summed E-state index contributed by atoms with van der Waals surface area (Å²) in [5.41, 5.74) is 2.64. The molecule has 0 radical (unpaired) electrons. The summed E-state index contributed by atoms with van der Waals surface area (Å²) in [6.07, 6.45) is 5.21. The highest BCUT2D eigenvalue weighted by Crippen LogP contribution is 2.23. The first-order valence-electron chi connectivity index (χ1n) is 6.33. The van der Waals surface area contributed by atoms with Gasteiger partial charge in [0.05, 0.1) is 6.04 Å². The van der Waals surface area contributed by atoms with Crippen molar-refractivity contribution in [2.45, 2.75) is 32.2 Å². The Morgan fingerprint density at radius 2 is 2.22 bits per heavy atom. The van der Waals surface area contributed by atoms with Crippen LogP contribution in [0.5, 0.6) is 0 Å². The molecular formula is C13H17N5. The van der Waals surface area contributed by atoms with Gasteiger partial charge in [0.1, 0.15) is 12.1 Å². The molecule has 1 N–H and O–H groups in total. The lowest BCUT2D eigenvalue weighted by atomic mass is 10.2. The van der Waals surface area contributed by atoms with Crippen molar-refractivity contribution in [2.75, 3.05) is 5.32 Å². The monoisotopic (exact) mass is 243 g/mol. The van der Waals surface area contributed by atoms with Gasteiger partial charge in [0, 0.05) is 12.7 Å². The number of nitrogens with zero attached hydrogens (tertiary/aromatic N) is 4. The van der Waals surface area contributed by atoms with Gasteiger partial charge < -0.3 is 9.88 Å². The van der Waals surface area contributed by atoms with Gasteiger partial charge in [-0.15, -0.1) is 10.2 Å². The smallest absolute Gasteiger partial charge is 0.154 e. The van der Waals surface area contributed by atoms with Gasteiger partial charge in [0.25, 0.3) is 0 Å². The molecule has 0 aromatic carbocycles. The molecular weight excluding hydrogens is 226 g/mol. The Labute approximate surface area is 106 Å². The number of hydrogen-bond donors (Lipinski definition) is 1. The van der Waals surface area contributed by atoms with Gasteiger partial charge in [-0.05, 0) is 37.8 Å². The molecule has 2 heterocycles. The van der Waals surface area contributed by atoms with Gasteiger partial charge in [-0.3, -0.25) is 0 Å². The van der Waals surface area contributed by atoms with E-state index in [1.807, 2.05) is 11.6 Å². The summed E-state index contributed by atoms with van der Waals surface area (Å²) >= 11 is 0. The molecule has 0 saturated heterocycles. The lowest BCUT2D eigenvalue weighted by molar-refractivity contribution is 0.716. The third-order valence-electron chi connectivity index (χ3n) is 3.43. The number of hydrogen-bond acceptors (Lipinski definition) is 4. The van der Waals surface area contributed by atoms with Gasteiger partial charge in [0.2, 0.25) is 0 Å². The van der Waals surface area contributed by atoms with Crippen molar-refractivity contribution >= 4 is 5.82 Å². The molecule has 0 aliphatic heterocycles. The van der Waals surface area contributed by atoms with Gasteiger partial charge >= 0.3 is 0 Å². The van der Waals surface area contributed by atoms with Crippen LogP contribution in [-0.4, -0.2) is 19.7 Å². The lowest BCUT2D eigenvalue weighted by Crippen LogP contribution is -2.13. The number of rotatable bonds is 3. The molecule has 1 aliphatic carbocycles. The minimum atomic E-state index is 0.101. The summed E-state index contributed by atoms with van der Waals surface area (Å²) in [7, 11) is 1.95. The molecule has 0 bridgehead atoms. The second kappa shape index (κ2) is 4.40. The number of anilines is 1. The van der Waals surface area contributed by atoms with E-state index >= 15 is 0 Å². The number of fused-ring (bicyclic) bond motifs is 1. The summed E-state index contributed by atoms with van der Waals surface area (Å²) in [4.78, 5) is 4.66. The maximum Gasteiger partial charge on any atom is 0.154 e. The van der Waals surface area contributed by atoms with Gasteiger partial charge in [-0.2, -0.15) is 0 Å². The summed E-state index contributed by atoms with van der Waals surface area (Å²) in [5.74, 6) is 1.84. The number of aryl methyl sites for hydroxylation is 3. The van der Waals surface area contributed by atoms with Crippen LogP contribution in [0.3, 0.4) is 0 Å². The molecule has 94 valence electrons. The summed E-state index contributed by atoms with van der Waals surface area (Å²) in [6.45, 7) is 2.07. The number of aromatic nitrogens is 4. The highest BCUT2D eigenvalue weighted by atomic mass is 15.3. The van der Waals surface area contributed by atoms with Crippen LogP contribution in [0.1, 0.15) is 36.5 Å². The molecule has 0 fully saturated rings. The molecule has 2 aromatic heterocycles. The zero-order valence-corrected chi connectivity index (χ0v) is 10.7. The maximum atomic E-state index is 4.66. The van der Waals surface area contributed by atoms with Crippen LogP contribution in [0.2, 0.25) is 0 Å². The first kappa shape index (κ1) is 11.2. The standard InChI is InChI=1S/C13H17N5/c1-9(13-17-14-8-18(13)2)15-12-7-6-10-4-3-5-11(10)16-12/h6-9H,3-5H2,1-2H3,(H,15,16). The molecule has 1 atom stereocenters. The Balaban J connectivity index is 1.79. The Morgan fingerprint density at radius 1 is 1.33 bits per heavy atom. The molecule has 5 heteroatoms. The predicted octanol–water partition coefficient (Wildman–Crippen LogP) is 1.87. The largest absolute Gasteiger partial charge is 0.360 e. The predicted molar refractivity (Wildman–Crippen MR) is 69.3 cm³/mol. The van der Waals surface area contributed by atoms with E-state index in [-0.39, 0.29) is 6.04 Å². The highest BCUT2D eigenvalue weighted by molar-refractivity contribution is 5.41. The highest BCUT2D eigenvalue weighted by Gasteiger charge is 2.15. The SMILES string of the molecule is CC(Nc1ccc2c(n1)CCC2)c1nncn1C. The van der Waals surface area contributed by atoms with Crippen molar-refractivity contribution < 1.29 is 0 Å². The fraction of sp³-hybridized carbons (Fsp3) is 0.462. The Morgan fingerprint density at radius 3 is 3.00 bits per heavy atom. The fourth-order valence-electron chi connectivity index (χ4n) is 2.47. The summed E-state index contributed by atoms with van der Waals surface area (Å²) in [6, 6.07) is 4.34. The molecule has 3 rings (SSSR count). The third-order valence-corrected chi connectivity index (χ3v) is 3.43. The van der Waals surface area contributed by atoms with E-state index < -0.39 is 0 Å². The molecule has 1 aliphatic rings. The molecule has 0 saturated carbocycles. The minimum Gasteiger partial charge on any atom is -0.360 e. The van der Waals surface area contributed by atoms with E-state index in [4.69, 9.17) is 0 Å². The third kappa shape index (κ3) is 1.96. The zero-order valence-electron chi connectivity index (χ0n) is 10.7. The van der Waals surface area contributed by atoms with Crippen molar-refractivity contribution in [2.24, 2.45) is 7.05 Å². The molecule has 18 heavy (non-hydrogen) atoms. The molecule has 2 aromatic rings. The quantitative estimate of drug-likeness (QED) is 0.894.